The summed E-state index contributed by atoms with van der Waals surface area (Å²) < 4.78 is 43.0. The van der Waals surface area contributed by atoms with Crippen molar-refractivity contribution in [3.8, 4) is 17.0 Å². The number of carbonyl (C=O) groups is 1. The number of imidazole rings is 1. The minimum atomic E-state index is -3.10. The fourth-order valence-electron chi connectivity index (χ4n) is 1.69. The van der Waals surface area contributed by atoms with Crippen molar-refractivity contribution in [2.45, 2.75) is 6.61 Å². The largest absolute Gasteiger partial charge is 0.432 e. The molecule has 0 saturated carbocycles. The van der Waals surface area contributed by atoms with Gasteiger partial charge in [-0.3, -0.25) is 4.79 Å². The molecule has 1 amide bonds. The van der Waals surface area contributed by atoms with Crippen molar-refractivity contribution >= 4 is 5.91 Å². The van der Waals surface area contributed by atoms with Crippen molar-refractivity contribution in [1.29, 1.82) is 0 Å². The summed E-state index contributed by atoms with van der Waals surface area (Å²) in [6.45, 7) is -3.10. The first-order chi connectivity index (χ1) is 9.38. The van der Waals surface area contributed by atoms with E-state index in [1.165, 1.54) is 16.8 Å². The second-order valence-corrected chi connectivity index (χ2v) is 3.95. The van der Waals surface area contributed by atoms with Gasteiger partial charge >= 0.3 is 6.61 Å². The summed E-state index contributed by atoms with van der Waals surface area (Å²) in [6, 6.07) is 3.41. The molecule has 0 saturated heterocycles. The number of aryl methyl sites for hydroxylation is 1. The highest BCUT2D eigenvalue weighted by Crippen LogP contribution is 2.26. The van der Waals surface area contributed by atoms with Crippen LogP contribution in [0.25, 0.3) is 11.3 Å². The van der Waals surface area contributed by atoms with Crippen LogP contribution in [0.5, 0.6) is 5.75 Å². The third-order valence-corrected chi connectivity index (χ3v) is 2.54. The van der Waals surface area contributed by atoms with Gasteiger partial charge in [-0.15, -0.1) is 0 Å². The van der Waals surface area contributed by atoms with Crippen LogP contribution in [0.1, 0.15) is 10.6 Å². The Labute approximate surface area is 111 Å². The number of aromatic nitrogens is 2. The predicted octanol–water partition coefficient (Wildman–Crippen LogP) is 1.93. The summed E-state index contributed by atoms with van der Waals surface area (Å²) >= 11 is 0. The summed E-state index contributed by atoms with van der Waals surface area (Å²) in [5.41, 5.74) is 5.72. The molecule has 0 aliphatic rings. The molecule has 1 heterocycles. The molecule has 0 unspecified atom stereocenters. The third-order valence-electron chi connectivity index (χ3n) is 2.54. The molecule has 0 aliphatic carbocycles. The normalized spacial score (nSPS) is 10.8. The average Bonchev–Trinajstić information content (AvgIpc) is 2.73. The van der Waals surface area contributed by atoms with Crippen molar-refractivity contribution in [2.75, 3.05) is 0 Å². The SMILES string of the molecule is Cn1cc(-c2ccc(OC(F)F)c(F)c2)nc1C(N)=O. The maximum Gasteiger partial charge on any atom is 0.387 e. The first-order valence-electron chi connectivity index (χ1n) is 5.46. The van der Waals surface area contributed by atoms with Gasteiger partial charge in [0.2, 0.25) is 0 Å². The molecule has 20 heavy (non-hydrogen) atoms. The van der Waals surface area contributed by atoms with Crippen LogP contribution in [0.3, 0.4) is 0 Å². The van der Waals surface area contributed by atoms with Crippen LogP contribution in [0.4, 0.5) is 13.2 Å². The molecule has 0 spiro atoms. The molecule has 2 aromatic rings. The smallest absolute Gasteiger partial charge is 0.387 e. The van der Waals surface area contributed by atoms with Crippen molar-refractivity contribution in [3.05, 3.63) is 36.0 Å². The van der Waals surface area contributed by atoms with Crippen molar-refractivity contribution in [2.24, 2.45) is 12.8 Å². The van der Waals surface area contributed by atoms with E-state index in [-0.39, 0.29) is 5.82 Å². The molecule has 5 nitrogen and oxygen atoms in total. The van der Waals surface area contributed by atoms with E-state index >= 15 is 0 Å². The zero-order valence-electron chi connectivity index (χ0n) is 10.3. The molecule has 1 aromatic heterocycles. The van der Waals surface area contributed by atoms with Gasteiger partial charge in [0.25, 0.3) is 5.91 Å². The number of alkyl halides is 2. The van der Waals surface area contributed by atoms with Crippen molar-refractivity contribution < 1.29 is 22.7 Å². The van der Waals surface area contributed by atoms with Gasteiger partial charge in [0, 0.05) is 18.8 Å². The average molecular weight is 285 g/mol. The number of hydrogen-bond donors (Lipinski definition) is 1. The molecule has 0 radical (unpaired) electrons. The maximum atomic E-state index is 13.6. The highest BCUT2D eigenvalue weighted by Gasteiger charge is 2.15. The molecule has 8 heteroatoms. The zero-order chi connectivity index (χ0) is 14.9. The number of benzene rings is 1. The van der Waals surface area contributed by atoms with Crippen molar-refractivity contribution in [1.82, 2.24) is 9.55 Å². The summed E-state index contributed by atoms with van der Waals surface area (Å²) in [4.78, 5) is 15.0. The van der Waals surface area contributed by atoms with Crippen LogP contribution in [0, 0.1) is 5.82 Å². The van der Waals surface area contributed by atoms with E-state index in [1.807, 2.05) is 0 Å². The van der Waals surface area contributed by atoms with E-state index in [0.29, 0.717) is 11.3 Å². The van der Waals surface area contributed by atoms with E-state index in [9.17, 15) is 18.0 Å². The van der Waals surface area contributed by atoms with Crippen LogP contribution in [0.2, 0.25) is 0 Å². The Morgan fingerprint density at radius 1 is 1.45 bits per heavy atom. The topological polar surface area (TPSA) is 70.1 Å². The lowest BCUT2D eigenvalue weighted by Crippen LogP contribution is -2.16. The van der Waals surface area contributed by atoms with E-state index < -0.39 is 24.1 Å². The van der Waals surface area contributed by atoms with E-state index in [2.05, 4.69) is 9.72 Å². The number of primary amides is 1. The number of nitrogens with zero attached hydrogens (tertiary/aromatic N) is 2. The van der Waals surface area contributed by atoms with Crippen LogP contribution in [0.15, 0.2) is 24.4 Å². The molecule has 0 bridgehead atoms. The molecule has 2 N–H and O–H groups in total. The van der Waals surface area contributed by atoms with E-state index in [4.69, 9.17) is 5.73 Å². The number of halogens is 3. The predicted molar refractivity (Wildman–Crippen MR) is 63.8 cm³/mol. The first kappa shape index (κ1) is 13.9. The number of rotatable bonds is 4. The summed E-state index contributed by atoms with van der Waals surface area (Å²) in [5.74, 6) is -2.23. The van der Waals surface area contributed by atoms with Gasteiger partial charge in [-0.05, 0) is 18.2 Å². The monoisotopic (exact) mass is 285 g/mol. The lowest BCUT2D eigenvalue weighted by Gasteiger charge is -2.06. The molecular formula is C12H10F3N3O2. The Bertz CT molecular complexity index is 655. The Balaban J connectivity index is 2.36. The minimum absolute atomic E-state index is 0.00770. The lowest BCUT2D eigenvalue weighted by molar-refractivity contribution is -0.0521. The van der Waals surface area contributed by atoms with Crippen molar-refractivity contribution in [3.63, 3.8) is 0 Å². The van der Waals surface area contributed by atoms with Gasteiger partial charge in [-0.25, -0.2) is 9.37 Å². The Morgan fingerprint density at radius 3 is 2.65 bits per heavy atom. The highest BCUT2D eigenvalue weighted by molar-refractivity contribution is 5.90. The van der Waals surface area contributed by atoms with E-state index in [0.717, 1.165) is 12.1 Å². The highest BCUT2D eigenvalue weighted by atomic mass is 19.3. The number of amides is 1. The Morgan fingerprint density at radius 2 is 2.15 bits per heavy atom. The number of nitrogens with two attached hydrogens (primary N) is 1. The summed E-state index contributed by atoms with van der Waals surface area (Å²) in [6.07, 6.45) is 1.47. The summed E-state index contributed by atoms with van der Waals surface area (Å²) in [5, 5.41) is 0. The fourth-order valence-corrected chi connectivity index (χ4v) is 1.69. The fraction of sp³-hybridized carbons (Fsp3) is 0.167. The number of ether oxygens (including phenoxy) is 1. The number of hydrogen-bond acceptors (Lipinski definition) is 3. The third kappa shape index (κ3) is 2.73. The molecule has 0 aliphatic heterocycles. The Hall–Kier alpha value is -2.51. The zero-order valence-corrected chi connectivity index (χ0v) is 10.3. The molecule has 106 valence electrons. The minimum Gasteiger partial charge on any atom is -0.432 e. The summed E-state index contributed by atoms with van der Waals surface area (Å²) in [7, 11) is 1.56. The second kappa shape index (κ2) is 5.24. The molecule has 0 fully saturated rings. The van der Waals surface area contributed by atoms with Gasteiger partial charge in [0.15, 0.2) is 17.4 Å². The number of carbonyl (C=O) groups excluding carboxylic acids is 1. The van der Waals surface area contributed by atoms with Gasteiger partial charge in [0.05, 0.1) is 5.69 Å². The molecule has 0 atom stereocenters. The Kier molecular flexibility index (Phi) is 3.64. The quantitative estimate of drug-likeness (QED) is 0.933. The first-order valence-corrected chi connectivity index (χ1v) is 5.46. The van der Waals surface area contributed by atoms with Crippen LogP contribution in [-0.4, -0.2) is 22.1 Å². The molecular weight excluding hydrogens is 275 g/mol. The van der Waals surface area contributed by atoms with Gasteiger partial charge in [-0.1, -0.05) is 0 Å². The second-order valence-electron chi connectivity index (χ2n) is 3.95. The van der Waals surface area contributed by atoms with Crippen LogP contribution >= 0.6 is 0 Å². The lowest BCUT2D eigenvalue weighted by atomic mass is 10.1. The van der Waals surface area contributed by atoms with E-state index in [1.54, 1.807) is 7.05 Å². The van der Waals surface area contributed by atoms with Crippen LogP contribution in [-0.2, 0) is 7.05 Å². The van der Waals surface area contributed by atoms with Gasteiger partial charge in [-0.2, -0.15) is 8.78 Å². The van der Waals surface area contributed by atoms with Gasteiger partial charge in [0.1, 0.15) is 0 Å². The standard InChI is InChI=1S/C12H10F3N3O2/c1-18-5-8(17-11(18)10(16)19)6-2-3-9(7(13)4-6)20-12(14)15/h2-5,12H,1H3,(H2,16,19). The molecule has 2 rings (SSSR count). The maximum absolute atomic E-state index is 13.6. The van der Waals surface area contributed by atoms with Crippen LogP contribution < -0.4 is 10.5 Å². The van der Waals surface area contributed by atoms with Gasteiger partial charge < -0.3 is 15.0 Å². The molecule has 1 aromatic carbocycles.